The Hall–Kier alpha value is -4.70. The normalized spacial score (nSPS) is 10.9. The summed E-state index contributed by atoms with van der Waals surface area (Å²) in [6, 6.07) is 19.8. The molecular formula is C25H19ClN6O4. The monoisotopic (exact) mass is 502 g/mol. The van der Waals surface area contributed by atoms with Gasteiger partial charge in [-0.2, -0.15) is 10.2 Å². The van der Waals surface area contributed by atoms with Crippen molar-refractivity contribution in [1.82, 2.24) is 19.6 Å². The highest BCUT2D eigenvalue weighted by atomic mass is 35.5. The van der Waals surface area contributed by atoms with Gasteiger partial charge in [-0.25, -0.2) is 4.68 Å². The van der Waals surface area contributed by atoms with Gasteiger partial charge in [0.05, 0.1) is 28.4 Å². The number of ether oxygens (including phenoxy) is 1. The van der Waals surface area contributed by atoms with E-state index in [1.165, 1.54) is 22.9 Å². The van der Waals surface area contributed by atoms with E-state index in [0.29, 0.717) is 12.2 Å². The largest absolute Gasteiger partial charge is 0.470 e. The second-order valence-corrected chi connectivity index (χ2v) is 8.31. The van der Waals surface area contributed by atoms with E-state index in [0.717, 1.165) is 16.3 Å². The number of hydrogen-bond acceptors (Lipinski definition) is 6. The molecule has 0 atom stereocenters. The summed E-state index contributed by atoms with van der Waals surface area (Å²) in [5.74, 6) is -0.130. The first-order valence-electron chi connectivity index (χ1n) is 10.9. The molecule has 11 heteroatoms. The number of nitro groups is 1. The zero-order valence-corrected chi connectivity index (χ0v) is 19.5. The maximum atomic E-state index is 12.6. The van der Waals surface area contributed by atoms with Gasteiger partial charge in [0.1, 0.15) is 5.75 Å². The fourth-order valence-electron chi connectivity index (χ4n) is 3.73. The maximum absolute atomic E-state index is 12.6. The first kappa shape index (κ1) is 23.1. The van der Waals surface area contributed by atoms with E-state index >= 15 is 0 Å². The summed E-state index contributed by atoms with van der Waals surface area (Å²) in [5.41, 5.74) is 1.73. The van der Waals surface area contributed by atoms with Crippen LogP contribution in [0.4, 0.5) is 11.4 Å². The van der Waals surface area contributed by atoms with Crippen LogP contribution >= 0.6 is 11.6 Å². The standard InChI is InChI=1S/C25H19ClN6O4/c26-22-12-20(32(34)35)8-9-24(22)36-16-30-11-10-23(29-30)25(33)28-19-13-27-31(15-19)14-18-6-3-5-17-4-1-2-7-21(17)18/h1-13,15H,14,16H2,(H,28,33). The number of amides is 1. The molecule has 5 rings (SSSR count). The molecule has 0 radical (unpaired) electrons. The van der Waals surface area contributed by atoms with Gasteiger partial charge in [0.15, 0.2) is 12.4 Å². The summed E-state index contributed by atoms with van der Waals surface area (Å²) < 4.78 is 8.74. The summed E-state index contributed by atoms with van der Waals surface area (Å²) in [6.45, 7) is 0.530. The third-order valence-electron chi connectivity index (χ3n) is 5.46. The lowest BCUT2D eigenvalue weighted by Crippen LogP contribution is -2.14. The minimum atomic E-state index is -0.540. The van der Waals surface area contributed by atoms with Crippen LogP contribution in [0.1, 0.15) is 16.1 Å². The molecular weight excluding hydrogens is 484 g/mol. The number of benzene rings is 3. The van der Waals surface area contributed by atoms with Crippen LogP contribution in [0, 0.1) is 10.1 Å². The number of nitrogens with zero attached hydrogens (tertiary/aromatic N) is 5. The number of non-ortho nitro benzene ring substituents is 1. The molecule has 5 aromatic rings. The smallest absolute Gasteiger partial charge is 0.276 e. The van der Waals surface area contributed by atoms with E-state index in [9.17, 15) is 14.9 Å². The molecule has 0 aliphatic rings. The van der Waals surface area contributed by atoms with Crippen molar-refractivity contribution < 1.29 is 14.5 Å². The van der Waals surface area contributed by atoms with Crippen LogP contribution in [-0.4, -0.2) is 30.4 Å². The average Bonchev–Trinajstić information content (AvgIpc) is 3.53. The van der Waals surface area contributed by atoms with Crippen molar-refractivity contribution in [3.63, 3.8) is 0 Å². The summed E-state index contributed by atoms with van der Waals surface area (Å²) in [4.78, 5) is 22.9. The highest BCUT2D eigenvalue weighted by molar-refractivity contribution is 6.32. The molecule has 180 valence electrons. The molecule has 0 saturated heterocycles. The number of nitro benzene ring substituents is 1. The number of fused-ring (bicyclic) bond motifs is 1. The van der Waals surface area contributed by atoms with Gasteiger partial charge in [-0.05, 0) is 28.5 Å². The number of halogens is 1. The van der Waals surface area contributed by atoms with Crippen LogP contribution in [0.3, 0.4) is 0 Å². The van der Waals surface area contributed by atoms with Gasteiger partial charge in [0.25, 0.3) is 11.6 Å². The van der Waals surface area contributed by atoms with Crippen LogP contribution in [0.5, 0.6) is 5.75 Å². The van der Waals surface area contributed by atoms with E-state index in [4.69, 9.17) is 16.3 Å². The Morgan fingerprint density at radius 2 is 1.92 bits per heavy atom. The molecule has 0 bridgehead atoms. The average molecular weight is 503 g/mol. The Morgan fingerprint density at radius 1 is 1.08 bits per heavy atom. The van der Waals surface area contributed by atoms with Gasteiger partial charge >= 0.3 is 0 Å². The van der Waals surface area contributed by atoms with Crippen molar-refractivity contribution in [1.29, 1.82) is 0 Å². The summed E-state index contributed by atoms with van der Waals surface area (Å²) in [6.07, 6.45) is 4.92. The fraction of sp³-hybridized carbons (Fsp3) is 0.0800. The van der Waals surface area contributed by atoms with Crippen LogP contribution in [0.15, 0.2) is 85.3 Å². The molecule has 3 aromatic carbocycles. The Labute approximate surface area is 209 Å². The lowest BCUT2D eigenvalue weighted by Gasteiger charge is -2.07. The quantitative estimate of drug-likeness (QED) is 0.232. The molecule has 10 nitrogen and oxygen atoms in total. The molecule has 0 spiro atoms. The van der Waals surface area contributed by atoms with E-state index in [1.807, 2.05) is 18.2 Å². The lowest BCUT2D eigenvalue weighted by molar-refractivity contribution is -0.384. The van der Waals surface area contributed by atoms with E-state index in [-0.39, 0.29) is 28.9 Å². The number of carbonyl (C=O) groups excluding carboxylic acids is 1. The molecule has 1 amide bonds. The Morgan fingerprint density at radius 3 is 2.75 bits per heavy atom. The van der Waals surface area contributed by atoms with Crippen molar-refractivity contribution in [3.8, 4) is 5.75 Å². The minimum Gasteiger partial charge on any atom is -0.470 e. The topological polar surface area (TPSA) is 117 Å². The number of nitrogens with one attached hydrogen (secondary N) is 1. The molecule has 2 heterocycles. The van der Waals surface area contributed by atoms with Crippen molar-refractivity contribution in [2.75, 3.05) is 5.32 Å². The number of anilines is 1. The Kier molecular flexibility index (Phi) is 6.33. The molecule has 2 aromatic heterocycles. The zero-order valence-electron chi connectivity index (χ0n) is 18.7. The van der Waals surface area contributed by atoms with Gasteiger partial charge in [-0.3, -0.25) is 19.6 Å². The third-order valence-corrected chi connectivity index (χ3v) is 5.75. The summed E-state index contributed by atoms with van der Waals surface area (Å²) in [5, 5.41) is 24.6. The number of hydrogen-bond donors (Lipinski definition) is 1. The zero-order chi connectivity index (χ0) is 25.1. The molecule has 0 aliphatic heterocycles. The molecule has 0 unspecified atom stereocenters. The predicted molar refractivity (Wildman–Crippen MR) is 134 cm³/mol. The minimum absolute atomic E-state index is 0.0340. The number of carbonyl (C=O) groups is 1. The van der Waals surface area contributed by atoms with Gasteiger partial charge < -0.3 is 10.1 Å². The van der Waals surface area contributed by atoms with E-state index < -0.39 is 10.8 Å². The van der Waals surface area contributed by atoms with Crippen LogP contribution in [0.25, 0.3) is 10.8 Å². The predicted octanol–water partition coefficient (Wildman–Crippen LogP) is 5.13. The number of aromatic nitrogens is 4. The Bertz CT molecular complexity index is 1570. The first-order valence-corrected chi connectivity index (χ1v) is 11.2. The van der Waals surface area contributed by atoms with E-state index in [2.05, 4.69) is 39.8 Å². The maximum Gasteiger partial charge on any atom is 0.276 e. The molecule has 36 heavy (non-hydrogen) atoms. The lowest BCUT2D eigenvalue weighted by atomic mass is 10.0. The van der Waals surface area contributed by atoms with Crippen molar-refractivity contribution in [2.45, 2.75) is 13.3 Å². The van der Waals surface area contributed by atoms with Crippen LogP contribution in [0.2, 0.25) is 5.02 Å². The molecule has 0 fully saturated rings. The summed E-state index contributed by atoms with van der Waals surface area (Å²) in [7, 11) is 0. The fourth-order valence-corrected chi connectivity index (χ4v) is 3.95. The van der Waals surface area contributed by atoms with Gasteiger partial charge in [0, 0.05) is 24.5 Å². The van der Waals surface area contributed by atoms with Crippen LogP contribution in [-0.2, 0) is 13.3 Å². The summed E-state index contributed by atoms with van der Waals surface area (Å²) >= 11 is 6.04. The van der Waals surface area contributed by atoms with Gasteiger partial charge in [-0.15, -0.1) is 0 Å². The second kappa shape index (κ2) is 9.88. The van der Waals surface area contributed by atoms with Gasteiger partial charge in [-0.1, -0.05) is 54.1 Å². The van der Waals surface area contributed by atoms with Crippen molar-refractivity contribution in [2.24, 2.45) is 0 Å². The molecule has 0 aliphatic carbocycles. The van der Waals surface area contributed by atoms with Crippen LogP contribution < -0.4 is 10.1 Å². The molecule has 1 N–H and O–H groups in total. The third kappa shape index (κ3) is 5.03. The van der Waals surface area contributed by atoms with Crippen molar-refractivity contribution in [3.05, 3.63) is 112 Å². The first-order chi connectivity index (χ1) is 17.5. The van der Waals surface area contributed by atoms with E-state index in [1.54, 1.807) is 29.3 Å². The Balaban J connectivity index is 1.20. The van der Waals surface area contributed by atoms with Crippen molar-refractivity contribution >= 4 is 39.7 Å². The molecule has 0 saturated carbocycles. The highest BCUT2D eigenvalue weighted by Gasteiger charge is 2.13. The second-order valence-electron chi connectivity index (χ2n) is 7.90. The van der Waals surface area contributed by atoms with Gasteiger partial charge in [0.2, 0.25) is 0 Å². The SMILES string of the molecule is O=C(Nc1cnn(Cc2cccc3ccccc23)c1)c1ccn(COc2ccc([N+](=O)[O-])cc2Cl)n1. The number of rotatable bonds is 8. The highest BCUT2D eigenvalue weighted by Crippen LogP contribution is 2.28.